The summed E-state index contributed by atoms with van der Waals surface area (Å²) in [5.41, 5.74) is 6.36. The van der Waals surface area contributed by atoms with Crippen LogP contribution in [0, 0.1) is 25.7 Å². The van der Waals surface area contributed by atoms with Gasteiger partial charge in [0.25, 0.3) is 0 Å². The Labute approximate surface area is 160 Å². The smallest absolute Gasteiger partial charge is 0.248 e. The van der Waals surface area contributed by atoms with Crippen molar-refractivity contribution >= 4 is 28.3 Å². The molecule has 1 saturated heterocycles. The minimum Gasteiger partial charge on any atom is -0.360 e. The molecule has 1 aromatic heterocycles. The van der Waals surface area contributed by atoms with Gasteiger partial charge in [-0.25, -0.2) is 8.42 Å². The van der Waals surface area contributed by atoms with Gasteiger partial charge in [-0.1, -0.05) is 5.16 Å². The van der Waals surface area contributed by atoms with E-state index in [9.17, 15) is 13.2 Å². The number of nitrogens with zero attached hydrogens (tertiary/aromatic N) is 2. The van der Waals surface area contributed by atoms with Crippen molar-refractivity contribution < 1.29 is 17.7 Å². The van der Waals surface area contributed by atoms with Crippen LogP contribution in [0.1, 0.15) is 37.1 Å². The molecule has 1 aliphatic carbocycles. The first-order valence-corrected chi connectivity index (χ1v) is 10.2. The molecule has 3 N–H and O–H groups in total. The fourth-order valence-electron chi connectivity index (χ4n) is 3.40. The number of nitrogens with two attached hydrogens (primary N) is 1. The van der Waals surface area contributed by atoms with Crippen LogP contribution in [0.2, 0.25) is 0 Å². The van der Waals surface area contributed by atoms with Crippen LogP contribution in [0.4, 0.5) is 0 Å². The number of carbonyl (C=O) groups is 1. The Morgan fingerprint density at radius 2 is 2.08 bits per heavy atom. The van der Waals surface area contributed by atoms with Gasteiger partial charge in [0.1, 0.15) is 10.6 Å². The fraction of sp³-hybridized carbons (Fsp3) is 0.750. The average Bonchev–Trinajstić information content (AvgIpc) is 3.37. The molecule has 1 amide bonds. The van der Waals surface area contributed by atoms with Crippen LogP contribution in [0.5, 0.6) is 0 Å². The predicted molar refractivity (Wildman–Crippen MR) is 98.4 cm³/mol. The molecular formula is C16H27ClN4O4S. The van der Waals surface area contributed by atoms with Gasteiger partial charge in [0.05, 0.1) is 5.92 Å². The van der Waals surface area contributed by atoms with Crippen molar-refractivity contribution in [2.75, 3.05) is 19.6 Å². The molecule has 1 aromatic rings. The SMILES string of the molecule is Cc1noc(C)c1S(=O)(=O)N1CCCC(C(=O)NCC(N)C2CC2)C1.Cl. The summed E-state index contributed by atoms with van der Waals surface area (Å²) in [4.78, 5) is 12.5. The van der Waals surface area contributed by atoms with E-state index in [0.717, 1.165) is 12.8 Å². The number of sulfonamides is 1. The van der Waals surface area contributed by atoms with E-state index in [4.69, 9.17) is 10.3 Å². The number of hydrogen-bond donors (Lipinski definition) is 2. The highest BCUT2D eigenvalue weighted by Crippen LogP contribution is 2.31. The monoisotopic (exact) mass is 406 g/mol. The van der Waals surface area contributed by atoms with Crippen molar-refractivity contribution in [3.8, 4) is 0 Å². The summed E-state index contributed by atoms with van der Waals surface area (Å²) >= 11 is 0. The zero-order valence-corrected chi connectivity index (χ0v) is 16.7. The molecule has 2 aliphatic rings. The van der Waals surface area contributed by atoms with E-state index in [1.807, 2.05) is 0 Å². The Hall–Kier alpha value is -1.16. The molecule has 0 aromatic carbocycles. The zero-order valence-electron chi connectivity index (χ0n) is 15.1. The van der Waals surface area contributed by atoms with Crippen molar-refractivity contribution in [1.29, 1.82) is 0 Å². The highest BCUT2D eigenvalue weighted by atomic mass is 35.5. The molecule has 1 aliphatic heterocycles. The van der Waals surface area contributed by atoms with Crippen LogP contribution in [0.3, 0.4) is 0 Å². The molecule has 2 heterocycles. The number of carbonyl (C=O) groups excluding carboxylic acids is 1. The standard InChI is InChI=1S/C16H26N4O4S.ClH/c1-10-15(11(2)24-19-10)25(22,23)20-7-3-4-13(9-20)16(21)18-8-14(17)12-5-6-12;/h12-14H,3-9,17H2,1-2H3,(H,18,21);1H. The normalized spacial score (nSPS) is 22.5. The Balaban J connectivity index is 0.00000243. The second-order valence-corrected chi connectivity index (χ2v) is 8.98. The van der Waals surface area contributed by atoms with Crippen molar-refractivity contribution in [3.05, 3.63) is 11.5 Å². The lowest BCUT2D eigenvalue weighted by atomic mass is 9.98. The van der Waals surface area contributed by atoms with E-state index in [0.29, 0.717) is 37.5 Å². The summed E-state index contributed by atoms with van der Waals surface area (Å²) in [6.45, 7) is 4.22. The first-order chi connectivity index (χ1) is 11.8. The second kappa shape index (κ2) is 8.24. The molecule has 2 fully saturated rings. The van der Waals surface area contributed by atoms with Crippen molar-refractivity contribution in [2.24, 2.45) is 17.6 Å². The van der Waals surface area contributed by atoms with Crippen LogP contribution in [0.25, 0.3) is 0 Å². The Kier molecular flexibility index (Phi) is 6.70. The third kappa shape index (κ3) is 4.39. The maximum absolute atomic E-state index is 12.9. The van der Waals surface area contributed by atoms with Crippen LogP contribution >= 0.6 is 12.4 Å². The summed E-state index contributed by atoms with van der Waals surface area (Å²) in [7, 11) is -3.71. The first kappa shape index (κ1) is 21.1. The molecular weight excluding hydrogens is 380 g/mol. The number of nitrogens with one attached hydrogen (secondary N) is 1. The number of hydrogen-bond acceptors (Lipinski definition) is 6. The van der Waals surface area contributed by atoms with E-state index in [1.54, 1.807) is 13.8 Å². The van der Waals surface area contributed by atoms with Gasteiger partial charge in [-0.05, 0) is 45.4 Å². The van der Waals surface area contributed by atoms with Crippen molar-refractivity contribution in [3.63, 3.8) is 0 Å². The molecule has 10 heteroatoms. The summed E-state index contributed by atoms with van der Waals surface area (Å²) in [5, 5.41) is 6.62. The summed E-state index contributed by atoms with van der Waals surface area (Å²) in [6.07, 6.45) is 3.58. The van der Waals surface area contributed by atoms with Gasteiger partial charge in [-0.15, -0.1) is 12.4 Å². The first-order valence-electron chi connectivity index (χ1n) is 8.77. The number of halogens is 1. The predicted octanol–water partition coefficient (Wildman–Crippen LogP) is 0.967. The van der Waals surface area contributed by atoms with Gasteiger partial charge in [0, 0.05) is 25.7 Å². The average molecular weight is 407 g/mol. The van der Waals surface area contributed by atoms with Crippen LogP contribution in [-0.4, -0.2) is 49.5 Å². The third-order valence-electron chi connectivity index (χ3n) is 5.06. The maximum Gasteiger partial charge on any atom is 0.248 e. The van der Waals surface area contributed by atoms with Crippen LogP contribution < -0.4 is 11.1 Å². The molecule has 0 radical (unpaired) electrons. The van der Waals surface area contributed by atoms with Crippen LogP contribution in [0.15, 0.2) is 9.42 Å². The molecule has 2 atom stereocenters. The second-order valence-electron chi connectivity index (χ2n) is 7.10. The number of piperidine rings is 1. The lowest BCUT2D eigenvalue weighted by Crippen LogP contribution is -2.47. The lowest BCUT2D eigenvalue weighted by molar-refractivity contribution is -0.126. The zero-order chi connectivity index (χ0) is 18.2. The molecule has 0 bridgehead atoms. The Bertz CT molecular complexity index is 728. The minimum absolute atomic E-state index is 0. The van der Waals surface area contributed by atoms with Gasteiger partial charge in [0.2, 0.25) is 15.9 Å². The quantitative estimate of drug-likeness (QED) is 0.726. The summed E-state index contributed by atoms with van der Waals surface area (Å²) < 4.78 is 32.2. The van der Waals surface area contributed by atoms with Crippen LogP contribution in [-0.2, 0) is 14.8 Å². The molecule has 0 spiro atoms. The van der Waals surface area contributed by atoms with Gasteiger partial charge in [0.15, 0.2) is 5.76 Å². The highest BCUT2D eigenvalue weighted by molar-refractivity contribution is 7.89. The van der Waals surface area contributed by atoms with E-state index < -0.39 is 10.0 Å². The fourth-order valence-corrected chi connectivity index (χ4v) is 5.22. The molecule has 8 nitrogen and oxygen atoms in total. The molecule has 3 rings (SSSR count). The topological polar surface area (TPSA) is 119 Å². The van der Waals surface area contributed by atoms with Crippen molar-refractivity contribution in [2.45, 2.75) is 50.5 Å². The largest absolute Gasteiger partial charge is 0.360 e. The maximum atomic E-state index is 12.9. The summed E-state index contributed by atoms with van der Waals surface area (Å²) in [6, 6.07) is -0.00493. The van der Waals surface area contributed by atoms with E-state index in [-0.39, 0.29) is 47.5 Å². The number of aryl methyl sites for hydroxylation is 2. The van der Waals surface area contributed by atoms with E-state index in [1.165, 1.54) is 4.31 Å². The Morgan fingerprint density at radius 1 is 1.38 bits per heavy atom. The van der Waals surface area contributed by atoms with Gasteiger partial charge in [-0.2, -0.15) is 4.31 Å². The molecule has 148 valence electrons. The highest BCUT2D eigenvalue weighted by Gasteiger charge is 2.37. The van der Waals surface area contributed by atoms with Crippen molar-refractivity contribution in [1.82, 2.24) is 14.8 Å². The summed E-state index contributed by atoms with van der Waals surface area (Å²) in [5.74, 6) is 0.327. The molecule has 2 unspecified atom stereocenters. The molecule has 1 saturated carbocycles. The Morgan fingerprint density at radius 3 is 2.65 bits per heavy atom. The lowest BCUT2D eigenvalue weighted by Gasteiger charge is -2.31. The number of aromatic nitrogens is 1. The van der Waals surface area contributed by atoms with Gasteiger partial charge in [-0.3, -0.25) is 4.79 Å². The minimum atomic E-state index is -3.71. The third-order valence-corrected chi connectivity index (χ3v) is 7.17. The number of amides is 1. The molecule has 26 heavy (non-hydrogen) atoms. The van der Waals surface area contributed by atoms with Gasteiger partial charge >= 0.3 is 0 Å². The van der Waals surface area contributed by atoms with E-state index >= 15 is 0 Å². The van der Waals surface area contributed by atoms with E-state index in [2.05, 4.69) is 10.5 Å². The van der Waals surface area contributed by atoms with Gasteiger partial charge < -0.3 is 15.6 Å². The number of rotatable bonds is 6.